The van der Waals surface area contributed by atoms with Gasteiger partial charge in [-0.25, -0.2) is 0 Å². The van der Waals surface area contributed by atoms with Gasteiger partial charge in [0.2, 0.25) is 0 Å². The van der Waals surface area contributed by atoms with Crippen molar-refractivity contribution in [2.75, 3.05) is 6.61 Å². The molecule has 1 aliphatic rings. The van der Waals surface area contributed by atoms with Crippen molar-refractivity contribution in [3.8, 4) is 5.75 Å². The quantitative estimate of drug-likeness (QED) is 0.566. The minimum absolute atomic E-state index is 0.0898. The van der Waals surface area contributed by atoms with Crippen LogP contribution in [-0.2, 0) is 5.41 Å². The van der Waals surface area contributed by atoms with Crippen LogP contribution in [0.2, 0.25) is 0 Å². The topological polar surface area (TPSA) is 9.23 Å². The van der Waals surface area contributed by atoms with Crippen LogP contribution in [0, 0.1) is 19.8 Å². The zero-order valence-corrected chi connectivity index (χ0v) is 16.6. The van der Waals surface area contributed by atoms with Crippen LogP contribution < -0.4 is 4.74 Å². The summed E-state index contributed by atoms with van der Waals surface area (Å²) in [6, 6.07) is 4.49. The van der Waals surface area contributed by atoms with E-state index >= 15 is 0 Å². The highest BCUT2D eigenvalue weighted by Gasteiger charge is 2.36. The van der Waals surface area contributed by atoms with Crippen LogP contribution in [-0.4, -0.2) is 6.61 Å². The van der Waals surface area contributed by atoms with Crippen molar-refractivity contribution in [2.24, 2.45) is 5.92 Å². The standard InChI is InChI=1S/C23H32O/c1-10-11-24-22-15(3)12-14(2)13-20(22)23(8,9)21-18(6)16(4)17(5)19(21)7/h10,12-13,16H,1,11H2,2-9H3. The number of ether oxygens (including phenoxy) is 1. The molecule has 1 unspecified atom stereocenters. The van der Waals surface area contributed by atoms with Crippen LogP contribution in [0.3, 0.4) is 0 Å². The zero-order valence-electron chi connectivity index (χ0n) is 16.6. The summed E-state index contributed by atoms with van der Waals surface area (Å²) in [6.07, 6.45) is 1.81. The monoisotopic (exact) mass is 324 g/mol. The van der Waals surface area contributed by atoms with E-state index in [9.17, 15) is 0 Å². The molecule has 0 aromatic heterocycles. The van der Waals surface area contributed by atoms with E-state index in [1.807, 2.05) is 6.08 Å². The molecule has 0 spiro atoms. The van der Waals surface area contributed by atoms with Gasteiger partial charge in [0.1, 0.15) is 12.4 Å². The predicted molar refractivity (Wildman–Crippen MR) is 105 cm³/mol. The summed E-state index contributed by atoms with van der Waals surface area (Å²) >= 11 is 0. The molecule has 1 atom stereocenters. The van der Waals surface area contributed by atoms with Crippen LogP contribution in [0.25, 0.3) is 0 Å². The molecule has 0 saturated carbocycles. The molecule has 0 N–H and O–H groups in total. The summed E-state index contributed by atoms with van der Waals surface area (Å²) in [4.78, 5) is 0. The van der Waals surface area contributed by atoms with Gasteiger partial charge in [0.15, 0.2) is 0 Å². The first-order valence-electron chi connectivity index (χ1n) is 8.87. The fourth-order valence-corrected chi connectivity index (χ4v) is 4.21. The third-order valence-electron chi connectivity index (χ3n) is 5.72. The fraction of sp³-hybridized carbons (Fsp3) is 0.478. The lowest BCUT2D eigenvalue weighted by Crippen LogP contribution is -2.23. The molecule has 1 aromatic carbocycles. The molecule has 0 amide bonds. The van der Waals surface area contributed by atoms with Gasteiger partial charge in [0.25, 0.3) is 0 Å². The van der Waals surface area contributed by atoms with Crippen molar-refractivity contribution in [2.45, 2.75) is 60.8 Å². The Morgan fingerprint density at radius 1 is 1.08 bits per heavy atom. The van der Waals surface area contributed by atoms with Gasteiger partial charge in [0.05, 0.1) is 0 Å². The van der Waals surface area contributed by atoms with Crippen molar-refractivity contribution >= 4 is 0 Å². The Balaban J connectivity index is 2.68. The van der Waals surface area contributed by atoms with Gasteiger partial charge in [0, 0.05) is 11.0 Å². The maximum Gasteiger partial charge on any atom is 0.126 e. The summed E-state index contributed by atoms with van der Waals surface area (Å²) in [5.41, 5.74) is 9.56. The fourth-order valence-electron chi connectivity index (χ4n) is 4.21. The summed E-state index contributed by atoms with van der Waals surface area (Å²) in [6.45, 7) is 22.4. The molecule has 1 heteroatoms. The van der Waals surface area contributed by atoms with Gasteiger partial charge in [-0.05, 0) is 57.2 Å². The number of rotatable bonds is 5. The number of benzene rings is 1. The van der Waals surface area contributed by atoms with Crippen molar-refractivity contribution in [3.63, 3.8) is 0 Å². The zero-order chi connectivity index (χ0) is 18.2. The molecule has 0 radical (unpaired) electrons. The number of hydrogen-bond donors (Lipinski definition) is 0. The van der Waals surface area contributed by atoms with Crippen LogP contribution in [0.15, 0.2) is 47.1 Å². The van der Waals surface area contributed by atoms with Crippen molar-refractivity contribution in [3.05, 3.63) is 63.8 Å². The highest BCUT2D eigenvalue weighted by Crippen LogP contribution is 2.49. The maximum atomic E-state index is 6.09. The number of allylic oxidation sites excluding steroid dienone is 4. The average Bonchev–Trinajstić information content (AvgIpc) is 2.69. The Kier molecular flexibility index (Phi) is 5.13. The smallest absolute Gasteiger partial charge is 0.126 e. The first kappa shape index (κ1) is 18.6. The lowest BCUT2D eigenvalue weighted by Gasteiger charge is -2.32. The predicted octanol–water partition coefficient (Wildman–Crippen LogP) is 6.45. The largest absolute Gasteiger partial charge is 0.489 e. The third-order valence-corrected chi connectivity index (χ3v) is 5.72. The van der Waals surface area contributed by atoms with Gasteiger partial charge in [-0.3, -0.25) is 0 Å². The molecule has 0 aliphatic heterocycles. The molecule has 0 saturated heterocycles. The van der Waals surface area contributed by atoms with Crippen molar-refractivity contribution in [1.82, 2.24) is 0 Å². The van der Waals surface area contributed by atoms with E-state index in [1.54, 1.807) is 0 Å². The van der Waals surface area contributed by atoms with Crippen molar-refractivity contribution < 1.29 is 4.74 Å². The van der Waals surface area contributed by atoms with E-state index in [-0.39, 0.29) is 5.41 Å². The molecule has 1 nitrogen and oxygen atoms in total. The SMILES string of the molecule is C=CCOc1c(C)cc(C)cc1C(C)(C)C1=C(C)C(C)C(C)=C1C. The summed E-state index contributed by atoms with van der Waals surface area (Å²) in [5.74, 6) is 1.54. The van der Waals surface area contributed by atoms with Crippen LogP contribution in [0.4, 0.5) is 0 Å². The number of aryl methyl sites for hydroxylation is 2. The molecule has 130 valence electrons. The first-order valence-corrected chi connectivity index (χ1v) is 8.87. The first-order chi connectivity index (χ1) is 11.1. The second kappa shape index (κ2) is 6.63. The van der Waals surface area contributed by atoms with E-state index < -0.39 is 0 Å². The van der Waals surface area contributed by atoms with Crippen LogP contribution >= 0.6 is 0 Å². The Morgan fingerprint density at radius 3 is 2.21 bits per heavy atom. The minimum Gasteiger partial charge on any atom is -0.489 e. The summed E-state index contributed by atoms with van der Waals surface area (Å²) in [7, 11) is 0. The molecule has 1 aliphatic carbocycles. The van der Waals surface area contributed by atoms with E-state index in [4.69, 9.17) is 4.74 Å². The Labute approximate surface area is 148 Å². The molecule has 1 aromatic rings. The maximum absolute atomic E-state index is 6.09. The van der Waals surface area contributed by atoms with Gasteiger partial charge in [-0.2, -0.15) is 0 Å². The Bertz CT molecular complexity index is 729. The second-order valence-corrected chi connectivity index (χ2v) is 7.77. The third kappa shape index (κ3) is 2.97. The van der Waals surface area contributed by atoms with E-state index in [2.05, 4.69) is 74.1 Å². The Hall–Kier alpha value is -1.76. The van der Waals surface area contributed by atoms with Gasteiger partial charge in [-0.1, -0.05) is 62.3 Å². The van der Waals surface area contributed by atoms with Gasteiger partial charge >= 0.3 is 0 Å². The molecule has 0 bridgehead atoms. The highest BCUT2D eigenvalue weighted by atomic mass is 16.5. The second-order valence-electron chi connectivity index (χ2n) is 7.77. The van der Waals surface area contributed by atoms with E-state index in [0.717, 1.165) is 5.75 Å². The lowest BCUT2D eigenvalue weighted by molar-refractivity contribution is 0.350. The molecule has 0 fully saturated rings. The molecule has 0 heterocycles. The normalized spacial score (nSPS) is 18.4. The molecular weight excluding hydrogens is 292 g/mol. The van der Waals surface area contributed by atoms with Crippen LogP contribution in [0.1, 0.15) is 58.2 Å². The highest BCUT2D eigenvalue weighted by molar-refractivity contribution is 5.59. The van der Waals surface area contributed by atoms with E-state index in [1.165, 1.54) is 39.0 Å². The van der Waals surface area contributed by atoms with Crippen molar-refractivity contribution in [1.29, 1.82) is 0 Å². The molecule has 24 heavy (non-hydrogen) atoms. The van der Waals surface area contributed by atoms with Crippen LogP contribution in [0.5, 0.6) is 5.75 Å². The molecule has 2 rings (SSSR count). The summed E-state index contributed by atoms with van der Waals surface area (Å²) < 4.78 is 6.09. The van der Waals surface area contributed by atoms with E-state index in [0.29, 0.717) is 12.5 Å². The van der Waals surface area contributed by atoms with Gasteiger partial charge < -0.3 is 4.74 Å². The molecular formula is C23H32O. The minimum atomic E-state index is -0.0898. The lowest BCUT2D eigenvalue weighted by atomic mass is 9.73. The average molecular weight is 325 g/mol. The Morgan fingerprint density at radius 2 is 1.71 bits per heavy atom. The van der Waals surface area contributed by atoms with Gasteiger partial charge in [-0.15, -0.1) is 0 Å². The summed E-state index contributed by atoms with van der Waals surface area (Å²) in [5, 5.41) is 0. The number of hydrogen-bond acceptors (Lipinski definition) is 1.